The van der Waals surface area contributed by atoms with Gasteiger partial charge in [0.1, 0.15) is 5.82 Å². The van der Waals surface area contributed by atoms with Crippen LogP contribution in [-0.2, 0) is 0 Å². The van der Waals surface area contributed by atoms with Crippen LogP contribution in [0.3, 0.4) is 0 Å². The first-order chi connectivity index (χ1) is 8.08. The van der Waals surface area contributed by atoms with E-state index >= 15 is 0 Å². The highest BCUT2D eigenvalue weighted by atomic mass is 16.4. The Hall–Kier alpha value is -1.58. The number of hydrogen-bond donors (Lipinski definition) is 1. The fraction of sp³-hybridized carbons (Fsp3) is 0.538. The summed E-state index contributed by atoms with van der Waals surface area (Å²) < 4.78 is 0. The van der Waals surface area contributed by atoms with Crippen molar-refractivity contribution in [2.45, 2.75) is 32.7 Å². The van der Waals surface area contributed by atoms with Crippen LogP contribution in [0.1, 0.15) is 37.0 Å². The third-order valence-corrected chi connectivity index (χ3v) is 3.43. The van der Waals surface area contributed by atoms with Gasteiger partial charge in [0.25, 0.3) is 0 Å². The molecule has 4 nitrogen and oxygen atoms in total. The number of pyridine rings is 1. The number of piperidine rings is 1. The minimum atomic E-state index is -0.927. The van der Waals surface area contributed by atoms with Crippen LogP contribution in [0.15, 0.2) is 18.3 Å². The van der Waals surface area contributed by atoms with Gasteiger partial charge in [0.05, 0.1) is 5.56 Å². The summed E-state index contributed by atoms with van der Waals surface area (Å²) in [6.45, 7) is 5.47. The number of nitrogens with zero attached hydrogens (tertiary/aromatic N) is 2. The summed E-state index contributed by atoms with van der Waals surface area (Å²) in [6.07, 6.45) is 3.78. The first-order valence-corrected chi connectivity index (χ1v) is 6.04. The van der Waals surface area contributed by atoms with Crippen LogP contribution in [0.25, 0.3) is 0 Å². The van der Waals surface area contributed by atoms with E-state index < -0.39 is 5.97 Å². The molecule has 4 heteroatoms. The maximum atomic E-state index is 10.7. The fourth-order valence-electron chi connectivity index (χ4n) is 2.43. The summed E-state index contributed by atoms with van der Waals surface area (Å²) in [5.74, 6) is 0.721. The molecule has 1 aromatic heterocycles. The summed E-state index contributed by atoms with van der Waals surface area (Å²) in [5, 5.41) is 8.82. The van der Waals surface area contributed by atoms with Gasteiger partial charge in [-0.25, -0.2) is 9.78 Å². The Morgan fingerprint density at radius 3 is 2.76 bits per heavy atom. The van der Waals surface area contributed by atoms with Gasteiger partial charge < -0.3 is 10.0 Å². The van der Waals surface area contributed by atoms with Crippen LogP contribution < -0.4 is 4.90 Å². The SMILES string of the molecule is CC1CCN(c2ccc(C(=O)O)cn2)C(C)C1. The van der Waals surface area contributed by atoms with E-state index in [1.165, 1.54) is 19.0 Å². The van der Waals surface area contributed by atoms with Crippen LogP contribution in [0, 0.1) is 5.92 Å². The molecule has 0 spiro atoms. The van der Waals surface area contributed by atoms with Crippen molar-refractivity contribution >= 4 is 11.8 Å². The first kappa shape index (κ1) is 11.9. The second-order valence-corrected chi connectivity index (χ2v) is 4.88. The number of aromatic carboxylic acids is 1. The van der Waals surface area contributed by atoms with E-state index in [-0.39, 0.29) is 5.56 Å². The zero-order chi connectivity index (χ0) is 12.4. The van der Waals surface area contributed by atoms with Crippen LogP contribution >= 0.6 is 0 Å². The molecule has 1 fully saturated rings. The number of hydrogen-bond acceptors (Lipinski definition) is 3. The van der Waals surface area contributed by atoms with Crippen molar-refractivity contribution in [1.29, 1.82) is 0 Å². The van der Waals surface area contributed by atoms with Crippen molar-refractivity contribution < 1.29 is 9.90 Å². The molecule has 17 heavy (non-hydrogen) atoms. The Morgan fingerprint density at radius 1 is 1.47 bits per heavy atom. The molecule has 0 aromatic carbocycles. The molecule has 0 aliphatic carbocycles. The van der Waals surface area contributed by atoms with Crippen molar-refractivity contribution in [2.75, 3.05) is 11.4 Å². The molecule has 2 atom stereocenters. The van der Waals surface area contributed by atoms with Crippen LogP contribution in [0.5, 0.6) is 0 Å². The highest BCUT2D eigenvalue weighted by molar-refractivity contribution is 5.87. The predicted molar refractivity (Wildman–Crippen MR) is 66.4 cm³/mol. The van der Waals surface area contributed by atoms with Crippen molar-refractivity contribution in [3.63, 3.8) is 0 Å². The molecule has 0 radical (unpaired) electrons. The van der Waals surface area contributed by atoms with Crippen LogP contribution in [0.2, 0.25) is 0 Å². The molecule has 0 saturated carbocycles. The highest BCUT2D eigenvalue weighted by Crippen LogP contribution is 2.26. The van der Waals surface area contributed by atoms with E-state index in [1.807, 2.05) is 0 Å². The van der Waals surface area contributed by atoms with Gasteiger partial charge in [0.2, 0.25) is 0 Å². The summed E-state index contributed by atoms with van der Waals surface area (Å²) in [4.78, 5) is 17.2. The fourth-order valence-corrected chi connectivity index (χ4v) is 2.43. The average molecular weight is 234 g/mol. The molecule has 1 aliphatic rings. The highest BCUT2D eigenvalue weighted by Gasteiger charge is 2.23. The zero-order valence-corrected chi connectivity index (χ0v) is 10.3. The maximum absolute atomic E-state index is 10.7. The minimum absolute atomic E-state index is 0.242. The van der Waals surface area contributed by atoms with Gasteiger partial charge in [0.15, 0.2) is 0 Å². The van der Waals surface area contributed by atoms with E-state index in [1.54, 1.807) is 12.1 Å². The van der Waals surface area contributed by atoms with Crippen molar-refractivity contribution in [2.24, 2.45) is 5.92 Å². The number of carboxylic acids is 1. The molecule has 2 unspecified atom stereocenters. The summed E-state index contributed by atoms with van der Waals surface area (Å²) in [6, 6.07) is 3.90. The molecular weight excluding hydrogens is 216 g/mol. The number of anilines is 1. The molecule has 2 heterocycles. The van der Waals surface area contributed by atoms with E-state index in [2.05, 4.69) is 23.7 Å². The molecule has 1 aromatic rings. The smallest absolute Gasteiger partial charge is 0.337 e. The summed E-state index contributed by atoms with van der Waals surface area (Å²) in [7, 11) is 0. The lowest BCUT2D eigenvalue weighted by molar-refractivity contribution is 0.0696. The minimum Gasteiger partial charge on any atom is -0.478 e. The number of carboxylic acid groups (broad SMARTS) is 1. The second kappa shape index (κ2) is 4.73. The molecule has 92 valence electrons. The van der Waals surface area contributed by atoms with Gasteiger partial charge in [-0.15, -0.1) is 0 Å². The van der Waals surface area contributed by atoms with Crippen molar-refractivity contribution in [3.05, 3.63) is 23.9 Å². The van der Waals surface area contributed by atoms with E-state index in [0.29, 0.717) is 6.04 Å². The Morgan fingerprint density at radius 2 is 2.24 bits per heavy atom. The molecule has 2 rings (SSSR count). The van der Waals surface area contributed by atoms with Gasteiger partial charge in [-0.05, 0) is 37.8 Å². The van der Waals surface area contributed by atoms with E-state index in [4.69, 9.17) is 5.11 Å². The average Bonchev–Trinajstić information content (AvgIpc) is 2.29. The molecule has 1 saturated heterocycles. The van der Waals surface area contributed by atoms with Crippen molar-refractivity contribution in [3.8, 4) is 0 Å². The molecule has 1 aliphatic heterocycles. The normalized spacial score (nSPS) is 24.7. The first-order valence-electron chi connectivity index (χ1n) is 6.04. The van der Waals surface area contributed by atoms with Crippen molar-refractivity contribution in [1.82, 2.24) is 4.98 Å². The maximum Gasteiger partial charge on any atom is 0.337 e. The van der Waals surface area contributed by atoms with Gasteiger partial charge in [-0.2, -0.15) is 0 Å². The van der Waals surface area contributed by atoms with Crippen LogP contribution in [-0.4, -0.2) is 28.6 Å². The lowest BCUT2D eigenvalue weighted by Crippen LogP contribution is -2.40. The van der Waals surface area contributed by atoms with E-state index in [9.17, 15) is 4.79 Å². The predicted octanol–water partition coefficient (Wildman–Crippen LogP) is 2.40. The Bertz CT molecular complexity index is 402. The van der Waals surface area contributed by atoms with Gasteiger partial charge in [0, 0.05) is 18.8 Å². The Labute approximate surface area is 101 Å². The van der Waals surface area contributed by atoms with Gasteiger partial charge >= 0.3 is 5.97 Å². The zero-order valence-electron chi connectivity index (χ0n) is 10.3. The monoisotopic (exact) mass is 234 g/mol. The Kier molecular flexibility index (Phi) is 3.31. The van der Waals surface area contributed by atoms with Gasteiger partial charge in [-0.1, -0.05) is 6.92 Å². The summed E-state index contributed by atoms with van der Waals surface area (Å²) in [5.41, 5.74) is 0.242. The topological polar surface area (TPSA) is 53.4 Å². The van der Waals surface area contributed by atoms with Crippen LogP contribution in [0.4, 0.5) is 5.82 Å². The lowest BCUT2D eigenvalue weighted by Gasteiger charge is -2.37. The lowest BCUT2D eigenvalue weighted by atomic mass is 9.93. The quantitative estimate of drug-likeness (QED) is 0.853. The third-order valence-electron chi connectivity index (χ3n) is 3.43. The second-order valence-electron chi connectivity index (χ2n) is 4.88. The molecular formula is C13H18N2O2. The van der Waals surface area contributed by atoms with Gasteiger partial charge in [-0.3, -0.25) is 0 Å². The molecule has 0 bridgehead atoms. The largest absolute Gasteiger partial charge is 0.478 e. The van der Waals surface area contributed by atoms with E-state index in [0.717, 1.165) is 18.3 Å². The Balaban J connectivity index is 2.14. The molecule has 1 N–H and O–H groups in total. The molecule has 0 amide bonds. The third kappa shape index (κ3) is 2.57. The number of rotatable bonds is 2. The number of carbonyl (C=O) groups is 1. The standard InChI is InChI=1S/C13H18N2O2/c1-9-5-6-15(10(2)7-9)12-4-3-11(8-14-12)13(16)17/h3-4,8-10H,5-7H2,1-2H3,(H,16,17). The summed E-state index contributed by atoms with van der Waals surface area (Å²) >= 11 is 0. The number of aromatic nitrogens is 1.